The van der Waals surface area contributed by atoms with Crippen LogP contribution in [0.25, 0.3) is 0 Å². The van der Waals surface area contributed by atoms with Gasteiger partial charge in [0, 0.05) is 12.0 Å². The fourth-order valence-electron chi connectivity index (χ4n) is 2.30. The third-order valence-corrected chi connectivity index (χ3v) is 3.98. The van der Waals surface area contributed by atoms with E-state index in [4.69, 9.17) is 16.1 Å². The zero-order valence-corrected chi connectivity index (χ0v) is 14.1. The number of ketones is 1. The van der Waals surface area contributed by atoms with Gasteiger partial charge in [-0.2, -0.15) is 5.26 Å². The van der Waals surface area contributed by atoms with Crippen molar-refractivity contribution in [2.45, 2.75) is 26.7 Å². The van der Waals surface area contributed by atoms with Gasteiger partial charge in [-0.15, -0.1) is 0 Å². The second-order valence-corrected chi connectivity index (χ2v) is 5.71. The Morgan fingerprint density at radius 1 is 1.38 bits per heavy atom. The predicted octanol–water partition coefficient (Wildman–Crippen LogP) is 3.23. The lowest BCUT2D eigenvalue weighted by Gasteiger charge is -2.10. The van der Waals surface area contributed by atoms with E-state index in [0.717, 1.165) is 5.56 Å². The van der Waals surface area contributed by atoms with E-state index in [1.54, 1.807) is 44.2 Å². The van der Waals surface area contributed by atoms with E-state index in [1.807, 2.05) is 0 Å². The normalized spacial score (nSPS) is 11.6. The molecule has 7 heteroatoms. The van der Waals surface area contributed by atoms with E-state index in [9.17, 15) is 14.9 Å². The Morgan fingerprint density at radius 3 is 2.67 bits per heavy atom. The number of carbonyl (C=O) groups is 2. The number of aromatic nitrogens is 1. The average Bonchev–Trinajstić information content (AvgIpc) is 2.87. The first-order valence-corrected chi connectivity index (χ1v) is 7.71. The van der Waals surface area contributed by atoms with Gasteiger partial charge in [0.15, 0.2) is 11.7 Å². The Labute approximate surface area is 144 Å². The monoisotopic (exact) mass is 345 g/mol. The lowest BCUT2D eigenvalue weighted by Crippen LogP contribution is -2.29. The van der Waals surface area contributed by atoms with Crippen LogP contribution in [0.15, 0.2) is 28.8 Å². The van der Waals surface area contributed by atoms with Crippen LogP contribution >= 0.6 is 11.6 Å². The number of Topliss-reactive ketones (excluding diaryl/α,β-unsaturated/α-hetero) is 1. The molecular weight excluding hydrogens is 330 g/mol. The summed E-state index contributed by atoms with van der Waals surface area (Å²) < 4.78 is 5.03. The molecule has 0 aliphatic heterocycles. The summed E-state index contributed by atoms with van der Waals surface area (Å²) in [5.41, 5.74) is 1.89. The Kier molecular flexibility index (Phi) is 5.72. The van der Waals surface area contributed by atoms with Gasteiger partial charge in [-0.3, -0.25) is 9.59 Å². The average molecular weight is 346 g/mol. The molecule has 0 aliphatic rings. The van der Waals surface area contributed by atoms with E-state index in [1.165, 1.54) is 0 Å². The number of nitrogens with zero attached hydrogens (tertiary/aromatic N) is 2. The summed E-state index contributed by atoms with van der Waals surface area (Å²) in [5, 5.41) is 15.9. The number of para-hydroxylation sites is 1. The molecule has 0 bridgehead atoms. The SMILES string of the molecule is Cc1noc(C)c1CCC(=O)[C@@H](C#N)C(=O)Nc1ccccc1Cl. The number of aryl methyl sites for hydroxylation is 2. The highest BCUT2D eigenvalue weighted by atomic mass is 35.5. The van der Waals surface area contributed by atoms with Gasteiger partial charge in [0.2, 0.25) is 5.91 Å². The van der Waals surface area contributed by atoms with E-state index < -0.39 is 17.6 Å². The molecular formula is C17H16ClN3O3. The summed E-state index contributed by atoms with van der Waals surface area (Å²) in [4.78, 5) is 24.4. The standard InChI is InChI=1S/C17H16ClN3O3/c1-10-12(11(2)24-21-10)7-8-16(22)13(9-19)17(23)20-15-6-4-3-5-14(15)18/h3-6,13H,7-8H2,1-2H3,(H,20,23)/t13-/m1/s1. The molecule has 124 valence electrons. The highest BCUT2D eigenvalue weighted by molar-refractivity contribution is 6.33. The highest BCUT2D eigenvalue weighted by Crippen LogP contribution is 2.22. The number of halogens is 1. The summed E-state index contributed by atoms with van der Waals surface area (Å²) in [5.74, 6) is -1.90. The van der Waals surface area contributed by atoms with E-state index >= 15 is 0 Å². The molecule has 0 fully saturated rings. The van der Waals surface area contributed by atoms with Crippen molar-refractivity contribution in [2.75, 3.05) is 5.32 Å². The molecule has 1 N–H and O–H groups in total. The van der Waals surface area contributed by atoms with Crippen LogP contribution in [0, 0.1) is 31.1 Å². The second kappa shape index (κ2) is 7.75. The maximum absolute atomic E-state index is 12.2. The summed E-state index contributed by atoms with van der Waals surface area (Å²) in [7, 11) is 0. The van der Waals surface area contributed by atoms with Crippen LogP contribution in [-0.4, -0.2) is 16.8 Å². The molecule has 0 radical (unpaired) electrons. The van der Waals surface area contributed by atoms with Crippen LogP contribution in [0.2, 0.25) is 5.02 Å². The van der Waals surface area contributed by atoms with Crippen molar-refractivity contribution in [3.63, 3.8) is 0 Å². The molecule has 1 atom stereocenters. The molecule has 0 saturated carbocycles. The van der Waals surface area contributed by atoms with Gasteiger partial charge in [-0.05, 0) is 32.4 Å². The summed E-state index contributed by atoms with van der Waals surface area (Å²) >= 11 is 5.96. The van der Waals surface area contributed by atoms with E-state index in [-0.39, 0.29) is 6.42 Å². The summed E-state index contributed by atoms with van der Waals surface area (Å²) in [6.07, 6.45) is 0.425. The van der Waals surface area contributed by atoms with Gasteiger partial charge in [0.05, 0.1) is 22.5 Å². The minimum atomic E-state index is -1.39. The Hall–Kier alpha value is -2.65. The van der Waals surface area contributed by atoms with Crippen molar-refractivity contribution >= 4 is 29.0 Å². The van der Waals surface area contributed by atoms with Gasteiger partial charge >= 0.3 is 0 Å². The molecule has 0 saturated heterocycles. The van der Waals surface area contributed by atoms with Crippen molar-refractivity contribution in [1.82, 2.24) is 5.16 Å². The number of anilines is 1. The Bertz CT molecular complexity index is 788. The zero-order chi connectivity index (χ0) is 17.7. The maximum atomic E-state index is 12.2. The first kappa shape index (κ1) is 17.7. The van der Waals surface area contributed by atoms with E-state index in [0.29, 0.717) is 28.6 Å². The second-order valence-electron chi connectivity index (χ2n) is 5.30. The molecule has 1 aromatic heterocycles. The molecule has 1 aromatic carbocycles. The van der Waals surface area contributed by atoms with Gasteiger partial charge in [0.25, 0.3) is 0 Å². The van der Waals surface area contributed by atoms with Crippen molar-refractivity contribution in [1.29, 1.82) is 5.26 Å². The van der Waals surface area contributed by atoms with Gasteiger partial charge in [-0.25, -0.2) is 0 Å². The minimum Gasteiger partial charge on any atom is -0.361 e. The number of hydrogen-bond donors (Lipinski definition) is 1. The molecule has 0 unspecified atom stereocenters. The lowest BCUT2D eigenvalue weighted by atomic mass is 9.97. The number of rotatable bonds is 6. The first-order chi connectivity index (χ1) is 11.4. The van der Waals surface area contributed by atoms with Gasteiger partial charge in [0.1, 0.15) is 5.76 Å². The fraction of sp³-hybridized carbons (Fsp3) is 0.294. The van der Waals surface area contributed by atoms with Crippen LogP contribution in [0.5, 0.6) is 0 Å². The number of carbonyl (C=O) groups excluding carboxylic acids is 2. The molecule has 6 nitrogen and oxygen atoms in total. The minimum absolute atomic E-state index is 0.0526. The maximum Gasteiger partial charge on any atom is 0.249 e. The molecule has 2 rings (SSSR count). The van der Waals surface area contributed by atoms with E-state index in [2.05, 4.69) is 10.5 Å². The number of nitriles is 1. The predicted molar refractivity (Wildman–Crippen MR) is 88.5 cm³/mol. The van der Waals surface area contributed by atoms with Crippen LogP contribution in [0.1, 0.15) is 23.4 Å². The van der Waals surface area contributed by atoms with Crippen LogP contribution in [0.4, 0.5) is 5.69 Å². The van der Waals surface area contributed by atoms with Crippen molar-refractivity contribution < 1.29 is 14.1 Å². The molecule has 0 aliphatic carbocycles. The topological polar surface area (TPSA) is 96.0 Å². The van der Waals surface area contributed by atoms with Gasteiger partial charge < -0.3 is 9.84 Å². The van der Waals surface area contributed by atoms with Gasteiger partial charge in [-0.1, -0.05) is 28.9 Å². The first-order valence-electron chi connectivity index (χ1n) is 7.33. The molecule has 1 amide bonds. The quantitative estimate of drug-likeness (QED) is 0.811. The number of hydrogen-bond acceptors (Lipinski definition) is 5. The third kappa shape index (κ3) is 4.00. The molecule has 0 spiro atoms. The largest absolute Gasteiger partial charge is 0.361 e. The number of benzene rings is 1. The van der Waals surface area contributed by atoms with Crippen molar-refractivity contribution in [3.8, 4) is 6.07 Å². The van der Waals surface area contributed by atoms with Crippen LogP contribution in [-0.2, 0) is 16.0 Å². The van der Waals surface area contributed by atoms with Crippen molar-refractivity contribution in [3.05, 3.63) is 46.3 Å². The lowest BCUT2D eigenvalue weighted by molar-refractivity contribution is -0.128. The third-order valence-electron chi connectivity index (χ3n) is 3.65. The highest BCUT2D eigenvalue weighted by Gasteiger charge is 2.27. The number of amides is 1. The number of nitrogens with one attached hydrogen (secondary N) is 1. The molecule has 1 heterocycles. The summed E-state index contributed by atoms with van der Waals surface area (Å²) in [6.45, 7) is 3.54. The fourth-order valence-corrected chi connectivity index (χ4v) is 2.48. The Morgan fingerprint density at radius 2 is 2.08 bits per heavy atom. The molecule has 24 heavy (non-hydrogen) atoms. The smallest absolute Gasteiger partial charge is 0.249 e. The Balaban J connectivity index is 2.02. The van der Waals surface area contributed by atoms with Crippen LogP contribution in [0.3, 0.4) is 0 Å². The summed E-state index contributed by atoms with van der Waals surface area (Å²) in [6, 6.07) is 8.38. The van der Waals surface area contributed by atoms with Crippen LogP contribution < -0.4 is 5.32 Å². The van der Waals surface area contributed by atoms with Crippen molar-refractivity contribution in [2.24, 2.45) is 5.92 Å². The zero-order valence-electron chi connectivity index (χ0n) is 13.3. The molecule has 2 aromatic rings.